The number of terminal acetylenes is 1. The van der Waals surface area contributed by atoms with Crippen molar-refractivity contribution in [2.75, 3.05) is 27.2 Å². The average Bonchev–Trinajstić information content (AvgIpc) is 2.59. The molecule has 0 atom stereocenters. The first kappa shape index (κ1) is 19.0. The lowest BCUT2D eigenvalue weighted by molar-refractivity contribution is -0.161. The molecule has 1 fully saturated rings. The number of carbonyl (C=O) groups is 1. The lowest BCUT2D eigenvalue weighted by Gasteiger charge is -2.43. The molecule has 1 aliphatic rings. The van der Waals surface area contributed by atoms with E-state index in [0.29, 0.717) is 19.3 Å². The fourth-order valence-electron chi connectivity index (χ4n) is 3.11. The molecule has 0 spiro atoms. The maximum absolute atomic E-state index is 12.8. The van der Waals surface area contributed by atoms with Gasteiger partial charge in [-0.05, 0) is 49.4 Å². The van der Waals surface area contributed by atoms with E-state index in [2.05, 4.69) is 47.8 Å². The molecule has 0 unspecified atom stereocenters. The molecular weight excluding hydrogens is 368 g/mol. The van der Waals surface area contributed by atoms with E-state index in [1.807, 2.05) is 12.1 Å². The predicted molar refractivity (Wildman–Crippen MR) is 99.5 cm³/mol. The van der Waals surface area contributed by atoms with Crippen LogP contribution in [0.1, 0.15) is 29.5 Å². The molecule has 1 heterocycles. The van der Waals surface area contributed by atoms with Gasteiger partial charge in [0.05, 0.1) is 13.5 Å². The van der Waals surface area contributed by atoms with Gasteiger partial charge in [-0.15, -0.1) is 6.42 Å². The summed E-state index contributed by atoms with van der Waals surface area (Å²) in [7, 11) is 3.48. The van der Waals surface area contributed by atoms with Crippen molar-refractivity contribution in [3.05, 3.63) is 33.3 Å². The van der Waals surface area contributed by atoms with Gasteiger partial charge in [0.25, 0.3) is 0 Å². The van der Waals surface area contributed by atoms with Crippen LogP contribution in [0.5, 0.6) is 0 Å². The Bertz CT molecular complexity index is 658. The second-order valence-corrected chi connectivity index (χ2v) is 7.30. The van der Waals surface area contributed by atoms with Crippen LogP contribution in [-0.2, 0) is 16.1 Å². The first-order chi connectivity index (χ1) is 11.3. The summed E-state index contributed by atoms with van der Waals surface area (Å²) in [6, 6.07) is 4.13. The number of hydrogen-bond acceptors (Lipinski definition) is 3. The Hall–Kier alpha value is -1.35. The summed E-state index contributed by atoms with van der Waals surface area (Å²) >= 11 is 3.57. The third-order valence-corrected chi connectivity index (χ3v) is 5.84. The Labute approximate surface area is 153 Å². The van der Waals surface area contributed by atoms with Crippen LogP contribution in [0.3, 0.4) is 0 Å². The highest BCUT2D eigenvalue weighted by atomic mass is 79.9. The van der Waals surface area contributed by atoms with Gasteiger partial charge < -0.3 is 9.74 Å². The van der Waals surface area contributed by atoms with Gasteiger partial charge in [0.15, 0.2) is 0 Å². The summed E-state index contributed by atoms with van der Waals surface area (Å²) in [5.74, 6) is 2.92. The van der Waals surface area contributed by atoms with Crippen LogP contribution in [-0.4, -0.2) is 48.7 Å². The predicted octanol–water partition coefficient (Wildman–Crippen LogP) is 3.10. The van der Waals surface area contributed by atoms with E-state index in [1.54, 1.807) is 12.0 Å². The van der Waals surface area contributed by atoms with E-state index in [-0.39, 0.29) is 5.91 Å². The van der Waals surface area contributed by atoms with Crippen molar-refractivity contribution in [1.82, 2.24) is 9.96 Å². The van der Waals surface area contributed by atoms with Crippen molar-refractivity contribution in [3.8, 4) is 12.3 Å². The number of nitrogens with zero attached hydrogens (tertiary/aromatic N) is 2. The summed E-state index contributed by atoms with van der Waals surface area (Å²) < 4.78 is 0.969. The Kier molecular flexibility index (Phi) is 6.08. The molecule has 1 aliphatic heterocycles. The number of hydroxylamine groups is 2. The number of aryl methyl sites for hydroxylation is 2. The third-order valence-electron chi connectivity index (χ3n) is 5.10. The van der Waals surface area contributed by atoms with Crippen LogP contribution in [0.15, 0.2) is 16.6 Å². The number of carbonyl (C=O) groups excluding carboxylic acids is 1. The van der Waals surface area contributed by atoms with Crippen LogP contribution >= 0.6 is 15.9 Å². The molecular formula is C19H25BrN2O2. The number of benzene rings is 1. The van der Waals surface area contributed by atoms with Crippen molar-refractivity contribution in [3.63, 3.8) is 0 Å². The minimum absolute atomic E-state index is 0.0442. The van der Waals surface area contributed by atoms with Gasteiger partial charge >= 0.3 is 0 Å². The maximum Gasteiger partial charge on any atom is 0.227 e. The molecule has 130 valence electrons. The molecule has 5 heteroatoms. The number of amides is 1. The molecule has 4 nitrogen and oxygen atoms in total. The topological polar surface area (TPSA) is 32.8 Å². The van der Waals surface area contributed by atoms with Gasteiger partial charge in [-0.2, -0.15) is 5.06 Å². The van der Waals surface area contributed by atoms with Crippen molar-refractivity contribution >= 4 is 21.8 Å². The molecule has 1 amide bonds. The minimum atomic E-state index is -0.529. The third kappa shape index (κ3) is 3.83. The van der Waals surface area contributed by atoms with Crippen LogP contribution < -0.4 is 0 Å². The van der Waals surface area contributed by atoms with Crippen molar-refractivity contribution < 1.29 is 9.63 Å². The molecule has 2 rings (SSSR count). The standard InChI is InChI=1S/C19H25BrN2O2/c1-6-19(7-9-22(24-5)10-8-19)21(4)18(23)13-16-11-14(2)15(3)12-17(16)20/h1,11-12H,7-10,13H2,2-5H3. The van der Waals surface area contributed by atoms with Crippen LogP contribution in [0.2, 0.25) is 0 Å². The molecule has 0 aromatic heterocycles. The second kappa shape index (κ2) is 7.69. The van der Waals surface area contributed by atoms with Crippen LogP contribution in [0.4, 0.5) is 0 Å². The van der Waals surface area contributed by atoms with Crippen LogP contribution in [0.25, 0.3) is 0 Å². The fraction of sp³-hybridized carbons (Fsp3) is 0.526. The van der Waals surface area contributed by atoms with Crippen molar-refractivity contribution in [1.29, 1.82) is 0 Å². The highest BCUT2D eigenvalue weighted by molar-refractivity contribution is 9.10. The second-order valence-electron chi connectivity index (χ2n) is 6.44. The van der Waals surface area contributed by atoms with E-state index in [9.17, 15) is 4.79 Å². The molecule has 24 heavy (non-hydrogen) atoms. The van der Waals surface area contributed by atoms with Gasteiger partial charge in [0.1, 0.15) is 5.54 Å². The van der Waals surface area contributed by atoms with Crippen LogP contribution in [0, 0.1) is 26.2 Å². The Balaban J connectivity index is 2.14. The lowest BCUT2D eigenvalue weighted by Crippen LogP contribution is -2.55. The van der Waals surface area contributed by atoms with E-state index in [4.69, 9.17) is 11.3 Å². The van der Waals surface area contributed by atoms with Gasteiger partial charge in [0.2, 0.25) is 5.91 Å². The first-order valence-electron chi connectivity index (χ1n) is 8.12. The van der Waals surface area contributed by atoms with Crippen molar-refractivity contribution in [2.24, 2.45) is 0 Å². The molecule has 0 bridgehead atoms. The van der Waals surface area contributed by atoms with Gasteiger partial charge in [0, 0.05) is 24.6 Å². The highest BCUT2D eigenvalue weighted by Crippen LogP contribution is 2.29. The quantitative estimate of drug-likeness (QED) is 0.738. The van der Waals surface area contributed by atoms with Gasteiger partial charge in [-0.1, -0.05) is 27.9 Å². The fourth-order valence-corrected chi connectivity index (χ4v) is 3.71. The zero-order valence-corrected chi connectivity index (χ0v) is 16.4. The number of rotatable bonds is 4. The van der Waals surface area contributed by atoms with Crippen molar-refractivity contribution in [2.45, 2.75) is 38.6 Å². The van der Waals surface area contributed by atoms with Gasteiger partial charge in [-0.3, -0.25) is 4.79 Å². The monoisotopic (exact) mass is 392 g/mol. The minimum Gasteiger partial charge on any atom is -0.329 e. The van der Waals surface area contributed by atoms with E-state index in [0.717, 1.165) is 23.1 Å². The SMILES string of the molecule is C#CC1(N(C)C(=O)Cc2cc(C)c(C)cc2Br)CCN(OC)CC1. The van der Waals surface area contributed by atoms with E-state index >= 15 is 0 Å². The number of likely N-dealkylation sites (N-methyl/N-ethyl adjacent to an activating group) is 1. The number of hydrogen-bond donors (Lipinski definition) is 0. The summed E-state index contributed by atoms with van der Waals surface area (Å²) in [5.41, 5.74) is 2.86. The molecule has 0 radical (unpaired) electrons. The molecule has 0 aliphatic carbocycles. The number of piperidine rings is 1. The summed E-state index contributed by atoms with van der Waals surface area (Å²) in [6.45, 7) is 5.58. The zero-order chi connectivity index (χ0) is 17.9. The molecule has 0 N–H and O–H groups in total. The van der Waals surface area contributed by atoms with Gasteiger partial charge in [-0.25, -0.2) is 0 Å². The summed E-state index contributed by atoms with van der Waals surface area (Å²) in [5, 5.41) is 1.88. The Morgan fingerprint density at radius 1 is 1.38 bits per heavy atom. The molecule has 1 saturated heterocycles. The zero-order valence-electron chi connectivity index (χ0n) is 14.9. The maximum atomic E-state index is 12.8. The molecule has 1 aromatic carbocycles. The summed E-state index contributed by atoms with van der Waals surface area (Å²) in [6.07, 6.45) is 7.59. The average molecular weight is 393 g/mol. The Morgan fingerprint density at radius 2 is 1.96 bits per heavy atom. The highest BCUT2D eigenvalue weighted by Gasteiger charge is 2.39. The van der Waals surface area contributed by atoms with E-state index in [1.165, 1.54) is 11.1 Å². The van der Waals surface area contributed by atoms with E-state index < -0.39 is 5.54 Å². The Morgan fingerprint density at radius 3 is 2.50 bits per heavy atom. The smallest absolute Gasteiger partial charge is 0.227 e. The molecule has 0 saturated carbocycles. The summed E-state index contributed by atoms with van der Waals surface area (Å²) in [4.78, 5) is 19.9. The lowest BCUT2D eigenvalue weighted by atomic mass is 9.87. The number of halogens is 1. The largest absolute Gasteiger partial charge is 0.329 e. The first-order valence-corrected chi connectivity index (χ1v) is 8.91. The molecule has 1 aromatic rings. The normalized spacial score (nSPS) is 17.3.